The van der Waals surface area contributed by atoms with E-state index < -0.39 is 5.41 Å². The predicted molar refractivity (Wildman–Crippen MR) is 191 cm³/mol. The van der Waals surface area contributed by atoms with Gasteiger partial charge in [-0.1, -0.05) is 104 Å². The van der Waals surface area contributed by atoms with Crippen LogP contribution in [0, 0.1) is 43.5 Å². The minimum atomic E-state index is -0.417. The van der Waals surface area contributed by atoms with Crippen molar-refractivity contribution >= 4 is 49.4 Å². The third-order valence-electron chi connectivity index (χ3n) is 8.52. The van der Waals surface area contributed by atoms with E-state index in [2.05, 4.69) is 32.9 Å². The maximum absolute atomic E-state index is 15.0. The number of fused-ring (bicyclic) bond motifs is 6. The summed E-state index contributed by atoms with van der Waals surface area (Å²) in [5.41, 5.74) is 5.52. The molecule has 0 saturated heterocycles. The van der Waals surface area contributed by atoms with Gasteiger partial charge >= 0.3 is 0 Å². The molecule has 6 rings (SSSR count). The molecule has 0 fully saturated rings. The van der Waals surface area contributed by atoms with Crippen LogP contribution < -0.4 is 0 Å². The first-order chi connectivity index (χ1) is 21.9. The minimum Gasteiger partial charge on any atom is -0.512 e. The Labute approximate surface area is 296 Å². The molecule has 253 valence electrons. The number of carbonyl (C=O) groups excluding carboxylic acids is 1. The second-order valence-electron chi connectivity index (χ2n) is 14.8. The summed E-state index contributed by atoms with van der Waals surface area (Å²) in [6.07, 6.45) is 1.33. The first-order valence-electron chi connectivity index (χ1n) is 16.1. The van der Waals surface area contributed by atoms with Crippen LogP contribution >= 0.6 is 0 Å². The number of aromatic nitrogens is 2. The van der Waals surface area contributed by atoms with E-state index in [1.165, 1.54) is 6.08 Å². The van der Waals surface area contributed by atoms with Crippen molar-refractivity contribution in [2.75, 3.05) is 0 Å². The van der Waals surface area contributed by atoms with E-state index >= 15 is 0 Å². The molecule has 0 atom stereocenters. The van der Waals surface area contributed by atoms with Crippen LogP contribution in [0.15, 0.2) is 64.8 Å². The molecule has 4 aromatic carbocycles. The summed E-state index contributed by atoms with van der Waals surface area (Å²) in [6, 6.07) is 19.5. The van der Waals surface area contributed by atoms with Gasteiger partial charge in [-0.05, 0) is 47.9 Å². The molecule has 0 aliphatic heterocycles. The summed E-state index contributed by atoms with van der Waals surface area (Å²) in [4.78, 5) is 21.4. The number of hydrogen-bond donors (Lipinski definition) is 1. The number of furan rings is 1. The van der Waals surface area contributed by atoms with Crippen molar-refractivity contribution in [3.63, 3.8) is 0 Å². The molecule has 0 saturated carbocycles. The molecule has 0 bridgehead atoms. The van der Waals surface area contributed by atoms with Gasteiger partial charge in [0.15, 0.2) is 5.78 Å². The van der Waals surface area contributed by atoms with Crippen molar-refractivity contribution in [1.82, 2.24) is 9.97 Å². The van der Waals surface area contributed by atoms with E-state index in [0.717, 1.165) is 60.4 Å². The number of aliphatic hydroxyl groups excluding tert-OH is 1. The number of ketones is 1. The van der Waals surface area contributed by atoms with Crippen LogP contribution in [-0.2, 0) is 24.9 Å². The molecule has 0 unspecified atom stereocenters. The summed E-state index contributed by atoms with van der Waals surface area (Å²) in [6.45, 7) is 21.0. The molecule has 0 aliphatic carbocycles. The van der Waals surface area contributed by atoms with Crippen molar-refractivity contribution in [3.8, 4) is 11.3 Å². The van der Waals surface area contributed by atoms with Crippen molar-refractivity contribution in [3.05, 3.63) is 94.8 Å². The topological polar surface area (TPSA) is 76.2 Å². The van der Waals surface area contributed by atoms with Crippen molar-refractivity contribution in [2.24, 2.45) is 10.8 Å². The SMILES string of the molecule is CC(C)(C)C(=O)/C=C(\O)C(C)(C)C.Cc1cc2ccc3c(-c4[c-]cc(C)c5c4oc4ccccc45)nc(C(C)C)nc3c2c(C)c1F.[Ir]. The smallest absolute Gasteiger partial charge is 0.164 e. The number of benzene rings is 4. The van der Waals surface area contributed by atoms with Crippen molar-refractivity contribution in [2.45, 2.75) is 82.1 Å². The molecular formula is C41H44FIrN2O3-. The molecule has 2 aromatic heterocycles. The first kappa shape index (κ1) is 36.9. The monoisotopic (exact) mass is 824 g/mol. The summed E-state index contributed by atoms with van der Waals surface area (Å²) in [7, 11) is 0. The number of aliphatic hydroxyl groups is 1. The van der Waals surface area contributed by atoms with E-state index in [1.807, 2.05) is 90.9 Å². The molecule has 0 amide bonds. The predicted octanol–water partition coefficient (Wildman–Crippen LogP) is 11.4. The fraction of sp³-hybridized carbons (Fsp3) is 0.341. The number of halogens is 1. The zero-order chi connectivity index (χ0) is 34.6. The molecule has 0 spiro atoms. The molecule has 1 radical (unpaired) electrons. The zero-order valence-corrected chi connectivity index (χ0v) is 32.0. The Hall–Kier alpha value is -3.93. The Morgan fingerprint density at radius 1 is 0.917 bits per heavy atom. The average Bonchev–Trinajstić information content (AvgIpc) is 3.39. The number of nitrogens with zero attached hydrogens (tertiary/aromatic N) is 2. The molecule has 1 N–H and O–H groups in total. The van der Waals surface area contributed by atoms with Gasteiger partial charge in [0.25, 0.3) is 0 Å². The maximum Gasteiger partial charge on any atom is 0.164 e. The second kappa shape index (κ2) is 13.5. The number of carbonyl (C=O) groups is 1. The molecular weight excluding hydrogens is 780 g/mol. The van der Waals surface area contributed by atoms with Crippen LogP contribution in [0.2, 0.25) is 0 Å². The zero-order valence-electron chi connectivity index (χ0n) is 29.6. The van der Waals surface area contributed by atoms with E-state index in [4.69, 9.17) is 14.4 Å². The number of allylic oxidation sites excluding steroid dienone is 2. The molecule has 2 heterocycles. The van der Waals surface area contributed by atoms with Gasteiger partial charge in [0.1, 0.15) is 23.0 Å². The number of hydrogen-bond acceptors (Lipinski definition) is 5. The van der Waals surface area contributed by atoms with Gasteiger partial charge < -0.3 is 9.52 Å². The van der Waals surface area contributed by atoms with Crippen LogP contribution in [-0.4, -0.2) is 20.9 Å². The van der Waals surface area contributed by atoms with Gasteiger partial charge in [-0.25, -0.2) is 9.37 Å². The van der Waals surface area contributed by atoms with E-state index in [9.17, 15) is 14.3 Å². The van der Waals surface area contributed by atoms with Gasteiger partial charge in [-0.3, -0.25) is 9.78 Å². The Balaban J connectivity index is 0.000000319. The quantitative estimate of drug-likeness (QED) is 0.0833. The van der Waals surface area contributed by atoms with Crippen LogP contribution in [0.3, 0.4) is 0 Å². The fourth-order valence-electron chi connectivity index (χ4n) is 5.56. The summed E-state index contributed by atoms with van der Waals surface area (Å²) < 4.78 is 21.3. The van der Waals surface area contributed by atoms with Gasteiger partial charge in [0.2, 0.25) is 0 Å². The molecule has 7 heteroatoms. The third-order valence-corrected chi connectivity index (χ3v) is 8.52. The van der Waals surface area contributed by atoms with Crippen LogP contribution in [0.5, 0.6) is 0 Å². The molecule has 5 nitrogen and oxygen atoms in total. The minimum absolute atomic E-state index is 0. The molecule has 6 aromatic rings. The van der Waals surface area contributed by atoms with Crippen molar-refractivity contribution in [1.29, 1.82) is 0 Å². The summed E-state index contributed by atoms with van der Waals surface area (Å²) >= 11 is 0. The second-order valence-corrected chi connectivity index (χ2v) is 14.8. The molecule has 0 aliphatic rings. The Morgan fingerprint density at radius 3 is 2.21 bits per heavy atom. The summed E-state index contributed by atoms with van der Waals surface area (Å²) in [5, 5.41) is 14.4. The Bertz CT molecular complexity index is 2220. The summed E-state index contributed by atoms with van der Waals surface area (Å²) in [5.74, 6) is 0.736. The Morgan fingerprint density at radius 2 is 1.58 bits per heavy atom. The maximum atomic E-state index is 15.0. The van der Waals surface area contributed by atoms with Crippen LogP contribution in [0.25, 0.3) is 54.9 Å². The third kappa shape index (κ3) is 6.95. The van der Waals surface area contributed by atoms with Gasteiger partial charge in [-0.2, -0.15) is 0 Å². The first-order valence-corrected chi connectivity index (χ1v) is 16.1. The molecule has 48 heavy (non-hydrogen) atoms. The van der Waals surface area contributed by atoms with Crippen LogP contribution in [0.1, 0.15) is 83.8 Å². The van der Waals surface area contributed by atoms with E-state index in [-0.39, 0.29) is 48.8 Å². The number of rotatable bonds is 3. The van der Waals surface area contributed by atoms with Gasteiger partial charge in [0, 0.05) is 59.4 Å². The van der Waals surface area contributed by atoms with Gasteiger partial charge in [-0.15, -0.1) is 17.7 Å². The Kier molecular flexibility index (Phi) is 10.4. The fourth-order valence-corrected chi connectivity index (χ4v) is 5.56. The normalized spacial score (nSPS) is 12.5. The standard InChI is InChI=1S/C30H24FN2O.C11H20O2.Ir/c1-15(2)30-32-27(21-13-11-19-14-17(4)26(31)18(5)25(19)28(21)33-30)22-12-10-16(3)24-20-8-6-7-9-23(20)34-29(22)24;1-10(2,3)8(12)7-9(13)11(4,5)6;/h6-11,13-15H,1-5H3;7,12H,1-6H3;/q-1;;/b;8-7-;. The number of para-hydroxylation sites is 1. The largest absolute Gasteiger partial charge is 0.512 e. The van der Waals surface area contributed by atoms with Gasteiger partial charge in [0.05, 0.1) is 11.1 Å². The van der Waals surface area contributed by atoms with Crippen LogP contribution in [0.4, 0.5) is 4.39 Å². The van der Waals surface area contributed by atoms with Crippen molar-refractivity contribution < 1.29 is 38.8 Å². The van der Waals surface area contributed by atoms with E-state index in [0.29, 0.717) is 17.0 Å². The average molecular weight is 824 g/mol. The number of aryl methyl sites for hydroxylation is 3. The van der Waals surface area contributed by atoms with E-state index in [1.54, 1.807) is 6.92 Å².